The van der Waals surface area contributed by atoms with Crippen LogP contribution in [0.25, 0.3) is 0 Å². The minimum Gasteiger partial charge on any atom is -0.339 e. The molecule has 2 aliphatic rings. The fourth-order valence-electron chi connectivity index (χ4n) is 3.96. The number of carbonyl (C=O) groups excluding carboxylic acids is 1. The molecule has 2 aliphatic heterocycles. The standard InChI is InChI=1S/C17H30N6O/c1-3-20-8-10-21(11-9-20)17(24)15(2)23-7-5-4-6-16(23)12-22-14-18-13-19-22/h13-16H,3-12H2,1-2H3/t15-,16+/m1/s1. The van der Waals surface area contributed by atoms with Crippen molar-refractivity contribution in [1.29, 1.82) is 0 Å². The van der Waals surface area contributed by atoms with Crippen molar-refractivity contribution < 1.29 is 4.79 Å². The van der Waals surface area contributed by atoms with Gasteiger partial charge in [-0.3, -0.25) is 14.4 Å². The number of amides is 1. The molecular formula is C17H30N6O. The number of likely N-dealkylation sites (N-methyl/N-ethyl adjacent to an activating group) is 1. The lowest BCUT2D eigenvalue weighted by atomic mass is 9.99. The topological polar surface area (TPSA) is 57.5 Å². The van der Waals surface area contributed by atoms with E-state index in [1.165, 1.54) is 12.8 Å². The molecule has 1 aromatic rings. The van der Waals surface area contributed by atoms with Gasteiger partial charge in [0.2, 0.25) is 5.91 Å². The lowest BCUT2D eigenvalue weighted by Crippen LogP contribution is -2.57. The minimum atomic E-state index is -0.0491. The molecule has 0 unspecified atom stereocenters. The second-order valence-corrected chi connectivity index (χ2v) is 6.94. The number of nitrogens with zero attached hydrogens (tertiary/aromatic N) is 6. The van der Waals surface area contributed by atoms with Gasteiger partial charge in [0.05, 0.1) is 12.6 Å². The minimum absolute atomic E-state index is 0.0491. The average Bonchev–Trinajstić information content (AvgIpc) is 3.14. The Balaban J connectivity index is 1.60. The first kappa shape index (κ1) is 17.4. The summed E-state index contributed by atoms with van der Waals surface area (Å²) in [4.78, 5) is 23.9. The molecule has 3 heterocycles. The Morgan fingerprint density at radius 3 is 2.67 bits per heavy atom. The van der Waals surface area contributed by atoms with Gasteiger partial charge in [-0.25, -0.2) is 4.98 Å². The van der Waals surface area contributed by atoms with Gasteiger partial charge in [-0.15, -0.1) is 0 Å². The first-order valence-corrected chi connectivity index (χ1v) is 9.28. The molecule has 0 radical (unpaired) electrons. The summed E-state index contributed by atoms with van der Waals surface area (Å²) in [5.41, 5.74) is 0. The van der Waals surface area contributed by atoms with Gasteiger partial charge in [-0.2, -0.15) is 5.10 Å². The fraction of sp³-hybridized carbons (Fsp3) is 0.824. The third-order valence-corrected chi connectivity index (χ3v) is 5.52. The van der Waals surface area contributed by atoms with E-state index >= 15 is 0 Å². The quantitative estimate of drug-likeness (QED) is 0.793. The van der Waals surface area contributed by atoms with E-state index in [-0.39, 0.29) is 11.9 Å². The van der Waals surface area contributed by atoms with E-state index in [4.69, 9.17) is 0 Å². The molecule has 24 heavy (non-hydrogen) atoms. The number of piperidine rings is 1. The van der Waals surface area contributed by atoms with Crippen LogP contribution < -0.4 is 0 Å². The third kappa shape index (κ3) is 3.95. The lowest BCUT2D eigenvalue weighted by molar-refractivity contribution is -0.139. The normalized spacial score (nSPS) is 24.9. The summed E-state index contributed by atoms with van der Waals surface area (Å²) >= 11 is 0. The smallest absolute Gasteiger partial charge is 0.239 e. The summed E-state index contributed by atoms with van der Waals surface area (Å²) < 4.78 is 1.89. The molecule has 3 rings (SSSR count). The Hall–Kier alpha value is -1.47. The maximum atomic E-state index is 13.0. The molecule has 1 aromatic heterocycles. The van der Waals surface area contributed by atoms with Crippen LogP contribution in [0.3, 0.4) is 0 Å². The van der Waals surface area contributed by atoms with Crippen LogP contribution in [0.2, 0.25) is 0 Å². The van der Waals surface area contributed by atoms with Crippen molar-refractivity contribution in [3.05, 3.63) is 12.7 Å². The molecule has 2 fully saturated rings. The Kier molecular flexibility index (Phi) is 5.84. The Morgan fingerprint density at radius 2 is 2.00 bits per heavy atom. The Bertz CT molecular complexity index is 511. The van der Waals surface area contributed by atoms with Crippen molar-refractivity contribution in [2.75, 3.05) is 39.3 Å². The van der Waals surface area contributed by atoms with Crippen LogP contribution >= 0.6 is 0 Å². The molecule has 0 spiro atoms. The van der Waals surface area contributed by atoms with Crippen molar-refractivity contribution in [3.8, 4) is 0 Å². The molecule has 0 saturated carbocycles. The predicted molar refractivity (Wildman–Crippen MR) is 92.5 cm³/mol. The SMILES string of the molecule is CCN1CCN(C(=O)[C@@H](C)N2CCCC[C@H]2Cn2cncn2)CC1. The number of likely N-dealkylation sites (tertiary alicyclic amines) is 1. The van der Waals surface area contributed by atoms with Crippen molar-refractivity contribution in [2.24, 2.45) is 0 Å². The zero-order valence-corrected chi connectivity index (χ0v) is 15.0. The van der Waals surface area contributed by atoms with Crippen molar-refractivity contribution in [2.45, 2.75) is 51.7 Å². The van der Waals surface area contributed by atoms with Gasteiger partial charge < -0.3 is 9.80 Å². The largest absolute Gasteiger partial charge is 0.339 e. The predicted octanol–water partition coefficient (Wildman–Crippen LogP) is 0.685. The average molecular weight is 334 g/mol. The highest BCUT2D eigenvalue weighted by atomic mass is 16.2. The first-order valence-electron chi connectivity index (χ1n) is 9.28. The number of hydrogen-bond donors (Lipinski definition) is 0. The van der Waals surface area contributed by atoms with E-state index in [1.807, 2.05) is 4.68 Å². The summed E-state index contributed by atoms with van der Waals surface area (Å²) in [6, 6.07) is 0.323. The zero-order chi connectivity index (χ0) is 16.9. The number of carbonyl (C=O) groups is 1. The highest BCUT2D eigenvalue weighted by molar-refractivity contribution is 5.81. The second kappa shape index (κ2) is 8.07. The maximum Gasteiger partial charge on any atom is 0.239 e. The lowest BCUT2D eigenvalue weighted by Gasteiger charge is -2.42. The molecule has 134 valence electrons. The maximum absolute atomic E-state index is 13.0. The van der Waals surface area contributed by atoms with Crippen LogP contribution in [-0.2, 0) is 11.3 Å². The van der Waals surface area contributed by atoms with E-state index in [9.17, 15) is 4.79 Å². The summed E-state index contributed by atoms with van der Waals surface area (Å²) in [5, 5.41) is 4.23. The van der Waals surface area contributed by atoms with Gasteiger partial charge >= 0.3 is 0 Å². The van der Waals surface area contributed by atoms with E-state index in [1.54, 1.807) is 12.7 Å². The molecule has 2 saturated heterocycles. The van der Waals surface area contributed by atoms with Crippen molar-refractivity contribution in [3.63, 3.8) is 0 Å². The van der Waals surface area contributed by atoms with Crippen LogP contribution in [0.1, 0.15) is 33.1 Å². The number of hydrogen-bond acceptors (Lipinski definition) is 5. The van der Waals surface area contributed by atoms with Crippen molar-refractivity contribution >= 4 is 5.91 Å². The molecule has 7 heteroatoms. The summed E-state index contributed by atoms with van der Waals surface area (Å²) in [5.74, 6) is 0.288. The summed E-state index contributed by atoms with van der Waals surface area (Å²) in [6.45, 7) is 10.9. The van der Waals surface area contributed by atoms with Gasteiger partial charge in [-0.05, 0) is 32.9 Å². The Morgan fingerprint density at radius 1 is 1.21 bits per heavy atom. The van der Waals surface area contributed by atoms with E-state index in [0.29, 0.717) is 6.04 Å². The van der Waals surface area contributed by atoms with E-state index in [0.717, 1.165) is 52.2 Å². The molecule has 1 amide bonds. The first-order chi connectivity index (χ1) is 11.7. The third-order valence-electron chi connectivity index (χ3n) is 5.52. The van der Waals surface area contributed by atoms with Crippen LogP contribution in [0.5, 0.6) is 0 Å². The van der Waals surface area contributed by atoms with Crippen LogP contribution in [0.15, 0.2) is 12.7 Å². The fourth-order valence-corrected chi connectivity index (χ4v) is 3.96. The van der Waals surface area contributed by atoms with Gasteiger partial charge in [0.15, 0.2) is 0 Å². The molecule has 7 nitrogen and oxygen atoms in total. The second-order valence-electron chi connectivity index (χ2n) is 6.94. The molecule has 0 bridgehead atoms. The van der Waals surface area contributed by atoms with Crippen molar-refractivity contribution in [1.82, 2.24) is 29.5 Å². The highest BCUT2D eigenvalue weighted by Crippen LogP contribution is 2.22. The number of piperazine rings is 1. The number of rotatable bonds is 5. The molecule has 0 aliphatic carbocycles. The molecule has 0 N–H and O–H groups in total. The van der Waals surface area contributed by atoms with Crippen LogP contribution in [0, 0.1) is 0 Å². The number of aromatic nitrogens is 3. The zero-order valence-electron chi connectivity index (χ0n) is 15.0. The van der Waals surface area contributed by atoms with Gasteiger partial charge in [0.25, 0.3) is 0 Å². The van der Waals surface area contributed by atoms with Gasteiger partial charge in [0.1, 0.15) is 12.7 Å². The van der Waals surface area contributed by atoms with E-state index in [2.05, 4.69) is 38.6 Å². The summed E-state index contributed by atoms with van der Waals surface area (Å²) in [6.07, 6.45) is 6.88. The van der Waals surface area contributed by atoms with Gasteiger partial charge in [0, 0.05) is 32.2 Å². The van der Waals surface area contributed by atoms with Crippen LogP contribution in [0.4, 0.5) is 0 Å². The van der Waals surface area contributed by atoms with E-state index < -0.39 is 0 Å². The van der Waals surface area contributed by atoms with Crippen LogP contribution in [-0.4, -0.2) is 86.7 Å². The summed E-state index contributed by atoms with van der Waals surface area (Å²) in [7, 11) is 0. The molecular weight excluding hydrogens is 304 g/mol. The Labute approximate surface area is 144 Å². The van der Waals surface area contributed by atoms with Gasteiger partial charge in [-0.1, -0.05) is 13.3 Å². The highest BCUT2D eigenvalue weighted by Gasteiger charge is 2.33. The molecule has 0 aromatic carbocycles. The monoisotopic (exact) mass is 334 g/mol. The molecule has 2 atom stereocenters.